The number of urea groups is 1. The normalized spacial score (nSPS) is 21.2. The van der Waals surface area contributed by atoms with Crippen molar-refractivity contribution in [2.24, 2.45) is 5.92 Å². The Morgan fingerprint density at radius 2 is 1.68 bits per heavy atom. The first-order chi connectivity index (χ1) is 8.91. The third-order valence-corrected chi connectivity index (χ3v) is 3.75. The first-order valence-corrected chi connectivity index (χ1v) is 6.89. The molecule has 19 heavy (non-hydrogen) atoms. The van der Waals surface area contributed by atoms with Crippen LogP contribution in [0.15, 0.2) is 0 Å². The molecule has 4 N–H and O–H groups in total. The van der Waals surface area contributed by atoms with Crippen LogP contribution in [0.3, 0.4) is 0 Å². The molecular weight excluding hydrogens is 248 g/mol. The van der Waals surface area contributed by atoms with Crippen LogP contribution in [0.2, 0.25) is 0 Å². The average molecular weight is 272 g/mol. The van der Waals surface area contributed by atoms with E-state index < -0.39 is 24.1 Å². The van der Waals surface area contributed by atoms with E-state index in [0.717, 1.165) is 12.8 Å². The molecule has 0 heterocycles. The number of carbonyl (C=O) groups excluding carboxylic acids is 1. The summed E-state index contributed by atoms with van der Waals surface area (Å²) in [6, 6.07) is -1.80. The Hall–Kier alpha value is -1.30. The summed E-state index contributed by atoms with van der Waals surface area (Å²) in [5, 5.41) is 23.2. The number of hydrogen-bond acceptors (Lipinski definition) is 3. The fourth-order valence-corrected chi connectivity index (χ4v) is 2.53. The zero-order chi connectivity index (χ0) is 14.4. The lowest BCUT2D eigenvalue weighted by atomic mass is 9.85. The smallest absolute Gasteiger partial charge is 0.328 e. The van der Waals surface area contributed by atoms with Crippen LogP contribution in [0.25, 0.3) is 0 Å². The van der Waals surface area contributed by atoms with E-state index in [2.05, 4.69) is 10.6 Å². The number of carboxylic acid groups (broad SMARTS) is 1. The zero-order valence-corrected chi connectivity index (χ0v) is 11.6. The number of carbonyl (C=O) groups is 2. The van der Waals surface area contributed by atoms with E-state index in [9.17, 15) is 14.7 Å². The van der Waals surface area contributed by atoms with E-state index in [-0.39, 0.29) is 6.04 Å². The van der Waals surface area contributed by atoms with E-state index >= 15 is 0 Å². The Labute approximate surface area is 113 Å². The standard InChI is InChI=1S/C13H24N2O4/c1-8(10-6-4-3-5-7-10)14-13(19)15-11(9(2)16)12(17)18/h8-11,16H,3-7H2,1-2H3,(H,17,18)(H2,14,15,19). The molecule has 2 amide bonds. The first-order valence-electron chi connectivity index (χ1n) is 6.89. The van der Waals surface area contributed by atoms with Gasteiger partial charge in [-0.1, -0.05) is 19.3 Å². The summed E-state index contributed by atoms with van der Waals surface area (Å²) in [6.07, 6.45) is 4.68. The number of nitrogens with one attached hydrogen (secondary N) is 2. The Kier molecular flexibility index (Phi) is 6.08. The van der Waals surface area contributed by atoms with Gasteiger partial charge in [-0.25, -0.2) is 9.59 Å². The molecule has 0 radical (unpaired) electrons. The lowest BCUT2D eigenvalue weighted by Gasteiger charge is -2.29. The van der Waals surface area contributed by atoms with Crippen molar-refractivity contribution in [3.05, 3.63) is 0 Å². The largest absolute Gasteiger partial charge is 0.480 e. The summed E-state index contributed by atoms with van der Waals surface area (Å²) in [5.74, 6) is -0.787. The molecule has 0 spiro atoms. The third-order valence-electron chi connectivity index (χ3n) is 3.75. The molecular formula is C13H24N2O4. The van der Waals surface area contributed by atoms with Crippen molar-refractivity contribution in [3.63, 3.8) is 0 Å². The van der Waals surface area contributed by atoms with Crippen molar-refractivity contribution in [2.45, 2.75) is 64.1 Å². The molecule has 1 rings (SSSR count). The van der Waals surface area contributed by atoms with E-state index in [4.69, 9.17) is 5.11 Å². The van der Waals surface area contributed by atoms with Gasteiger partial charge in [0.25, 0.3) is 0 Å². The molecule has 3 unspecified atom stereocenters. The summed E-state index contributed by atoms with van der Waals surface area (Å²) in [7, 11) is 0. The molecule has 1 aliphatic rings. The number of rotatable bonds is 5. The van der Waals surface area contributed by atoms with Crippen LogP contribution in [-0.2, 0) is 4.79 Å². The van der Waals surface area contributed by atoms with Crippen molar-refractivity contribution >= 4 is 12.0 Å². The van der Waals surface area contributed by atoms with E-state index in [0.29, 0.717) is 5.92 Å². The number of amides is 2. The molecule has 110 valence electrons. The van der Waals surface area contributed by atoms with Crippen molar-refractivity contribution in [1.29, 1.82) is 0 Å². The van der Waals surface area contributed by atoms with Gasteiger partial charge in [-0.2, -0.15) is 0 Å². The van der Waals surface area contributed by atoms with Crippen molar-refractivity contribution in [1.82, 2.24) is 10.6 Å². The molecule has 3 atom stereocenters. The second kappa shape index (κ2) is 7.33. The van der Waals surface area contributed by atoms with Gasteiger partial charge in [-0.05, 0) is 32.6 Å². The average Bonchev–Trinajstić information content (AvgIpc) is 2.36. The van der Waals surface area contributed by atoms with Gasteiger partial charge in [0, 0.05) is 6.04 Å². The number of aliphatic hydroxyl groups excluding tert-OH is 1. The van der Waals surface area contributed by atoms with Gasteiger partial charge >= 0.3 is 12.0 Å². The van der Waals surface area contributed by atoms with Crippen LogP contribution in [0.1, 0.15) is 46.0 Å². The van der Waals surface area contributed by atoms with Crippen LogP contribution in [0.4, 0.5) is 4.79 Å². The van der Waals surface area contributed by atoms with Crippen LogP contribution < -0.4 is 10.6 Å². The minimum atomic E-state index is -1.28. The Bertz CT molecular complexity index is 314. The maximum atomic E-state index is 11.7. The van der Waals surface area contributed by atoms with Gasteiger partial charge in [0.1, 0.15) is 0 Å². The second-order valence-electron chi connectivity index (χ2n) is 5.36. The van der Waals surface area contributed by atoms with Gasteiger partial charge in [-0.15, -0.1) is 0 Å². The summed E-state index contributed by atoms with van der Waals surface area (Å²) in [4.78, 5) is 22.6. The molecule has 1 saturated carbocycles. The molecule has 0 bridgehead atoms. The molecule has 6 nitrogen and oxygen atoms in total. The van der Waals surface area contributed by atoms with Crippen molar-refractivity contribution < 1.29 is 19.8 Å². The number of carboxylic acids is 1. The van der Waals surface area contributed by atoms with Gasteiger partial charge < -0.3 is 20.8 Å². The van der Waals surface area contributed by atoms with Crippen LogP contribution in [-0.4, -0.2) is 40.4 Å². The van der Waals surface area contributed by atoms with Crippen LogP contribution in [0, 0.1) is 5.92 Å². The molecule has 0 aromatic carbocycles. The van der Waals surface area contributed by atoms with Crippen LogP contribution in [0.5, 0.6) is 0 Å². The highest BCUT2D eigenvalue weighted by molar-refractivity contribution is 5.83. The maximum absolute atomic E-state index is 11.7. The quantitative estimate of drug-likeness (QED) is 0.602. The highest BCUT2D eigenvalue weighted by atomic mass is 16.4. The monoisotopic (exact) mass is 272 g/mol. The maximum Gasteiger partial charge on any atom is 0.328 e. The highest BCUT2D eigenvalue weighted by Gasteiger charge is 2.27. The van der Waals surface area contributed by atoms with E-state index in [1.54, 1.807) is 0 Å². The first kappa shape index (κ1) is 15.8. The lowest BCUT2D eigenvalue weighted by Crippen LogP contribution is -2.53. The van der Waals surface area contributed by atoms with Crippen molar-refractivity contribution in [3.8, 4) is 0 Å². The highest BCUT2D eigenvalue weighted by Crippen LogP contribution is 2.26. The molecule has 6 heteroatoms. The zero-order valence-electron chi connectivity index (χ0n) is 11.6. The van der Waals surface area contributed by atoms with Gasteiger partial charge in [0.05, 0.1) is 6.10 Å². The Balaban J connectivity index is 2.42. The molecule has 1 fully saturated rings. The second-order valence-corrected chi connectivity index (χ2v) is 5.36. The number of aliphatic hydroxyl groups is 1. The minimum Gasteiger partial charge on any atom is -0.480 e. The van der Waals surface area contributed by atoms with E-state index in [1.807, 2.05) is 6.92 Å². The Morgan fingerprint density at radius 3 is 2.16 bits per heavy atom. The molecule has 0 saturated heterocycles. The third kappa shape index (κ3) is 5.06. The predicted octanol–water partition coefficient (Wildman–Crippen LogP) is 1.09. The SMILES string of the molecule is CC(O)C(NC(=O)NC(C)C1CCCCC1)C(=O)O. The summed E-state index contributed by atoms with van der Waals surface area (Å²) in [6.45, 7) is 3.28. The summed E-state index contributed by atoms with van der Waals surface area (Å²) < 4.78 is 0. The number of hydrogen-bond donors (Lipinski definition) is 4. The fourth-order valence-electron chi connectivity index (χ4n) is 2.53. The minimum absolute atomic E-state index is 0.0174. The fraction of sp³-hybridized carbons (Fsp3) is 0.846. The van der Waals surface area contributed by atoms with Crippen molar-refractivity contribution in [2.75, 3.05) is 0 Å². The van der Waals surface area contributed by atoms with E-state index in [1.165, 1.54) is 26.2 Å². The van der Waals surface area contributed by atoms with Gasteiger partial charge in [0.2, 0.25) is 0 Å². The molecule has 1 aliphatic carbocycles. The lowest BCUT2D eigenvalue weighted by molar-refractivity contribution is -0.141. The summed E-state index contributed by atoms with van der Waals surface area (Å²) >= 11 is 0. The summed E-state index contributed by atoms with van der Waals surface area (Å²) in [5.41, 5.74) is 0. The number of aliphatic carboxylic acids is 1. The van der Waals surface area contributed by atoms with Gasteiger partial charge in [0.15, 0.2) is 6.04 Å². The van der Waals surface area contributed by atoms with Crippen LogP contribution >= 0.6 is 0 Å². The molecule has 0 aromatic heterocycles. The topological polar surface area (TPSA) is 98.7 Å². The van der Waals surface area contributed by atoms with Gasteiger partial charge in [-0.3, -0.25) is 0 Å². The Morgan fingerprint density at radius 1 is 1.11 bits per heavy atom. The molecule has 0 aromatic rings. The predicted molar refractivity (Wildman–Crippen MR) is 70.8 cm³/mol. The molecule has 0 aliphatic heterocycles.